The van der Waals surface area contributed by atoms with Gasteiger partial charge in [-0.15, -0.1) is 0 Å². The Labute approximate surface area is 240 Å². The van der Waals surface area contributed by atoms with Gasteiger partial charge < -0.3 is 41.9 Å². The van der Waals surface area contributed by atoms with Gasteiger partial charge in [-0.05, 0) is 36.1 Å². The maximum atomic E-state index is 13.5. The standard InChI is InChI=1S/C26H34N8O6S/c1-41-7-6-20(26(39)40)32-24(37)21(8-15-2-4-18(35)5-3-15)34-25(38)22(10-17-12-29-14-31-17)33-23(36)19(27)9-16-11-28-13-30-16/h2-5,11-14,19-22,35H,6-10,27H2,1H3,(H,28,30)(H,29,31)(H,32,37)(H,33,36)(H,34,38)(H,39,40). The number of aromatic amines is 2. The first-order valence-electron chi connectivity index (χ1n) is 12.8. The van der Waals surface area contributed by atoms with Gasteiger partial charge in [0.25, 0.3) is 0 Å². The number of carbonyl (C=O) groups is 4. The number of amides is 3. The second-order valence-electron chi connectivity index (χ2n) is 9.34. The van der Waals surface area contributed by atoms with Crippen molar-refractivity contribution in [1.82, 2.24) is 35.9 Å². The summed E-state index contributed by atoms with van der Waals surface area (Å²) in [6.07, 6.45) is 8.12. The van der Waals surface area contributed by atoms with Crippen molar-refractivity contribution in [3.63, 3.8) is 0 Å². The quantitative estimate of drug-likeness (QED) is 0.107. The zero-order valence-corrected chi connectivity index (χ0v) is 23.2. The summed E-state index contributed by atoms with van der Waals surface area (Å²) in [6, 6.07) is 1.57. The molecule has 0 saturated carbocycles. The van der Waals surface area contributed by atoms with Crippen molar-refractivity contribution >= 4 is 35.5 Å². The molecule has 15 heteroatoms. The summed E-state index contributed by atoms with van der Waals surface area (Å²) < 4.78 is 0. The van der Waals surface area contributed by atoms with Crippen molar-refractivity contribution in [2.45, 2.75) is 49.9 Å². The zero-order chi connectivity index (χ0) is 29.8. The van der Waals surface area contributed by atoms with Crippen LogP contribution in [0.25, 0.3) is 0 Å². The van der Waals surface area contributed by atoms with E-state index in [-0.39, 0.29) is 31.4 Å². The topological polar surface area (TPSA) is 228 Å². The molecule has 3 aromatic rings. The average Bonchev–Trinajstić information content (AvgIpc) is 3.65. The molecule has 4 unspecified atom stereocenters. The number of nitrogens with two attached hydrogens (primary N) is 1. The molecular weight excluding hydrogens is 552 g/mol. The molecule has 3 rings (SSSR count). The Balaban J connectivity index is 1.80. The highest BCUT2D eigenvalue weighted by molar-refractivity contribution is 7.98. The van der Waals surface area contributed by atoms with Crippen molar-refractivity contribution in [3.05, 3.63) is 66.3 Å². The molecule has 0 aliphatic heterocycles. The third-order valence-corrected chi connectivity index (χ3v) is 6.82. The van der Waals surface area contributed by atoms with Crippen LogP contribution in [0, 0.1) is 0 Å². The van der Waals surface area contributed by atoms with E-state index in [1.54, 1.807) is 12.1 Å². The summed E-state index contributed by atoms with van der Waals surface area (Å²) in [7, 11) is 0. The van der Waals surface area contributed by atoms with Gasteiger partial charge in [-0.2, -0.15) is 11.8 Å². The Bertz CT molecular complexity index is 1270. The predicted molar refractivity (Wildman–Crippen MR) is 151 cm³/mol. The molecule has 2 aromatic heterocycles. The molecule has 9 N–H and O–H groups in total. The van der Waals surface area contributed by atoms with E-state index >= 15 is 0 Å². The molecule has 0 fully saturated rings. The maximum absolute atomic E-state index is 13.5. The lowest BCUT2D eigenvalue weighted by Crippen LogP contribution is -2.58. The van der Waals surface area contributed by atoms with Crippen LogP contribution in [-0.2, 0) is 38.4 Å². The molecular formula is C26H34N8O6S. The second kappa shape index (κ2) is 15.4. The van der Waals surface area contributed by atoms with E-state index in [9.17, 15) is 29.4 Å². The lowest BCUT2D eigenvalue weighted by molar-refractivity contribution is -0.142. The van der Waals surface area contributed by atoms with Crippen LogP contribution >= 0.6 is 11.8 Å². The van der Waals surface area contributed by atoms with E-state index in [0.29, 0.717) is 22.7 Å². The van der Waals surface area contributed by atoms with Gasteiger partial charge in [-0.3, -0.25) is 14.4 Å². The Morgan fingerprint density at radius 2 is 1.39 bits per heavy atom. The number of hydrogen-bond donors (Lipinski definition) is 8. The number of carboxylic acids is 1. The summed E-state index contributed by atoms with van der Waals surface area (Å²) >= 11 is 1.44. The van der Waals surface area contributed by atoms with Crippen molar-refractivity contribution in [2.75, 3.05) is 12.0 Å². The number of nitrogens with one attached hydrogen (secondary N) is 5. The smallest absolute Gasteiger partial charge is 0.326 e. The van der Waals surface area contributed by atoms with Gasteiger partial charge in [0.05, 0.1) is 18.7 Å². The predicted octanol–water partition coefficient (Wildman–Crippen LogP) is -0.514. The molecule has 0 bridgehead atoms. The molecule has 4 atom stereocenters. The molecule has 14 nitrogen and oxygen atoms in total. The van der Waals surface area contributed by atoms with Crippen LogP contribution in [0.2, 0.25) is 0 Å². The van der Waals surface area contributed by atoms with Crippen LogP contribution < -0.4 is 21.7 Å². The molecule has 220 valence electrons. The number of aromatic hydroxyl groups is 1. The van der Waals surface area contributed by atoms with Crippen molar-refractivity contribution in [3.8, 4) is 5.75 Å². The van der Waals surface area contributed by atoms with Crippen LogP contribution in [0.4, 0.5) is 0 Å². The van der Waals surface area contributed by atoms with E-state index in [4.69, 9.17) is 5.73 Å². The molecule has 0 radical (unpaired) electrons. The summed E-state index contributed by atoms with van der Waals surface area (Å²) in [4.78, 5) is 65.1. The number of nitrogens with zero attached hydrogens (tertiary/aromatic N) is 2. The summed E-state index contributed by atoms with van der Waals surface area (Å²) in [5, 5.41) is 27.0. The third kappa shape index (κ3) is 9.95. The van der Waals surface area contributed by atoms with Crippen LogP contribution in [0.15, 0.2) is 49.3 Å². The van der Waals surface area contributed by atoms with E-state index in [1.165, 1.54) is 48.9 Å². The number of thioether (sulfide) groups is 1. The van der Waals surface area contributed by atoms with Gasteiger partial charge in [-0.1, -0.05) is 12.1 Å². The largest absolute Gasteiger partial charge is 0.508 e. The summed E-state index contributed by atoms with van der Waals surface area (Å²) in [5.74, 6) is -2.65. The molecule has 1 aromatic carbocycles. The third-order valence-electron chi connectivity index (χ3n) is 6.18. The molecule has 0 aliphatic carbocycles. The Kier molecular flexibility index (Phi) is 11.7. The number of imidazole rings is 2. The molecule has 0 saturated heterocycles. The fraction of sp³-hybridized carbons (Fsp3) is 0.385. The first-order valence-corrected chi connectivity index (χ1v) is 14.2. The number of carboxylic acid groups (broad SMARTS) is 1. The molecule has 41 heavy (non-hydrogen) atoms. The van der Waals surface area contributed by atoms with Gasteiger partial charge in [0.15, 0.2) is 0 Å². The number of aromatic nitrogens is 4. The van der Waals surface area contributed by atoms with Gasteiger partial charge in [-0.25, -0.2) is 14.8 Å². The zero-order valence-electron chi connectivity index (χ0n) is 22.4. The molecule has 0 aliphatic rings. The highest BCUT2D eigenvalue weighted by Gasteiger charge is 2.31. The highest BCUT2D eigenvalue weighted by Crippen LogP contribution is 2.13. The second-order valence-corrected chi connectivity index (χ2v) is 10.3. The van der Waals surface area contributed by atoms with Crippen LogP contribution in [0.3, 0.4) is 0 Å². The number of phenols is 1. The Morgan fingerprint density at radius 3 is 1.93 bits per heavy atom. The van der Waals surface area contributed by atoms with E-state index < -0.39 is 47.9 Å². The summed E-state index contributed by atoms with van der Waals surface area (Å²) in [6.45, 7) is 0. The van der Waals surface area contributed by atoms with E-state index in [2.05, 4.69) is 35.9 Å². The lowest BCUT2D eigenvalue weighted by atomic mass is 10.0. The van der Waals surface area contributed by atoms with Crippen LogP contribution in [0.5, 0.6) is 5.75 Å². The van der Waals surface area contributed by atoms with Crippen molar-refractivity contribution < 1.29 is 29.4 Å². The Morgan fingerprint density at radius 1 is 0.854 bits per heavy atom. The van der Waals surface area contributed by atoms with Crippen LogP contribution in [0.1, 0.15) is 23.4 Å². The van der Waals surface area contributed by atoms with Crippen LogP contribution in [-0.4, -0.2) is 90.0 Å². The maximum Gasteiger partial charge on any atom is 0.326 e. The number of hydrogen-bond acceptors (Lipinski definition) is 9. The van der Waals surface area contributed by atoms with Gasteiger partial charge in [0.2, 0.25) is 17.7 Å². The number of rotatable bonds is 16. The van der Waals surface area contributed by atoms with Gasteiger partial charge >= 0.3 is 5.97 Å². The summed E-state index contributed by atoms with van der Waals surface area (Å²) in [5.41, 5.74) is 7.86. The minimum atomic E-state index is -1.20. The van der Waals surface area contributed by atoms with E-state index in [0.717, 1.165) is 0 Å². The number of aliphatic carboxylic acids is 1. The van der Waals surface area contributed by atoms with Gasteiger partial charge in [0.1, 0.15) is 23.9 Å². The van der Waals surface area contributed by atoms with Gasteiger partial charge in [0, 0.05) is 43.0 Å². The minimum Gasteiger partial charge on any atom is -0.508 e. The minimum absolute atomic E-state index is 0.00319. The average molecular weight is 587 g/mol. The Hall–Kier alpha value is -4.37. The fourth-order valence-corrected chi connectivity index (χ4v) is 4.42. The molecule has 3 amide bonds. The normalized spacial score (nSPS) is 13.9. The number of H-pyrrole nitrogens is 2. The lowest BCUT2D eigenvalue weighted by Gasteiger charge is -2.25. The first-order chi connectivity index (χ1) is 19.7. The first kappa shape index (κ1) is 31.2. The number of carbonyl (C=O) groups excluding carboxylic acids is 3. The molecule has 2 heterocycles. The van der Waals surface area contributed by atoms with Crippen molar-refractivity contribution in [1.29, 1.82) is 0 Å². The van der Waals surface area contributed by atoms with Crippen molar-refractivity contribution in [2.24, 2.45) is 5.73 Å². The number of benzene rings is 1. The van der Waals surface area contributed by atoms with E-state index in [1.807, 2.05) is 6.26 Å². The fourth-order valence-electron chi connectivity index (χ4n) is 3.94. The monoisotopic (exact) mass is 586 g/mol. The molecule has 0 spiro atoms. The highest BCUT2D eigenvalue weighted by atomic mass is 32.2. The SMILES string of the molecule is CSCCC(NC(=O)C(Cc1ccc(O)cc1)NC(=O)C(Cc1cnc[nH]1)NC(=O)C(N)Cc1cnc[nH]1)C(=O)O. The number of phenolic OH excluding ortho intramolecular Hbond substituents is 1.